The Labute approximate surface area is 162 Å². The smallest absolute Gasteiger partial charge is 0.243 e. The van der Waals surface area contributed by atoms with E-state index in [0.717, 1.165) is 18.9 Å². The highest BCUT2D eigenvalue weighted by Crippen LogP contribution is 2.33. The summed E-state index contributed by atoms with van der Waals surface area (Å²) in [4.78, 5) is 16.5. The van der Waals surface area contributed by atoms with Gasteiger partial charge < -0.3 is 9.84 Å². The van der Waals surface area contributed by atoms with Gasteiger partial charge in [0.2, 0.25) is 21.8 Å². The van der Waals surface area contributed by atoms with Gasteiger partial charge in [0.05, 0.1) is 16.9 Å². The van der Waals surface area contributed by atoms with Gasteiger partial charge in [-0.1, -0.05) is 11.2 Å². The van der Waals surface area contributed by atoms with E-state index in [-0.39, 0.29) is 35.7 Å². The number of rotatable bonds is 5. The largest absolute Gasteiger partial charge is 0.351 e. The first-order chi connectivity index (χ1) is 13.3. The molecule has 2 heterocycles. The summed E-state index contributed by atoms with van der Waals surface area (Å²) < 4.78 is 46.0. The summed E-state index contributed by atoms with van der Waals surface area (Å²) in [7, 11) is -3.88. The Hall–Kier alpha value is -2.33. The van der Waals surface area contributed by atoms with Crippen LogP contribution in [0.15, 0.2) is 33.7 Å². The molecule has 1 saturated heterocycles. The molecule has 2 aliphatic rings. The lowest BCUT2D eigenvalue weighted by atomic mass is 9.92. The Kier molecular flexibility index (Phi) is 4.92. The number of hydrogen-bond acceptors (Lipinski definition) is 6. The molecule has 1 aliphatic heterocycles. The number of nitrogens with one attached hydrogen (secondary N) is 1. The SMILES string of the molecule is Cc1noc([C@H]2CCN(S(=O)(=O)c3cccc(F)c3)C[C@H]2NC(=O)C2CC2)n1. The topological polar surface area (TPSA) is 105 Å². The Morgan fingerprint density at radius 3 is 2.75 bits per heavy atom. The molecule has 1 aliphatic carbocycles. The monoisotopic (exact) mass is 408 g/mol. The highest BCUT2D eigenvalue weighted by atomic mass is 32.2. The van der Waals surface area contributed by atoms with E-state index in [4.69, 9.17) is 4.52 Å². The van der Waals surface area contributed by atoms with E-state index in [1.807, 2.05) is 0 Å². The van der Waals surface area contributed by atoms with Crippen molar-refractivity contribution >= 4 is 15.9 Å². The van der Waals surface area contributed by atoms with E-state index in [9.17, 15) is 17.6 Å². The molecule has 2 fully saturated rings. The van der Waals surface area contributed by atoms with Gasteiger partial charge >= 0.3 is 0 Å². The highest BCUT2D eigenvalue weighted by molar-refractivity contribution is 7.89. The minimum Gasteiger partial charge on any atom is -0.351 e. The summed E-state index contributed by atoms with van der Waals surface area (Å²) in [5.74, 6) is -0.117. The van der Waals surface area contributed by atoms with E-state index in [2.05, 4.69) is 15.5 Å². The summed E-state index contributed by atoms with van der Waals surface area (Å²) in [6.45, 7) is 1.97. The number of carbonyl (C=O) groups is 1. The molecule has 1 aromatic heterocycles. The maximum atomic E-state index is 13.5. The van der Waals surface area contributed by atoms with Crippen LogP contribution in [0.1, 0.15) is 36.9 Å². The minimum absolute atomic E-state index is 0.0136. The molecule has 4 rings (SSSR count). The second-order valence-electron chi connectivity index (χ2n) is 7.28. The lowest BCUT2D eigenvalue weighted by Gasteiger charge is -2.36. The van der Waals surface area contributed by atoms with Gasteiger partial charge in [0, 0.05) is 19.0 Å². The molecular formula is C18H21FN4O4S. The van der Waals surface area contributed by atoms with Gasteiger partial charge in [0.25, 0.3) is 0 Å². The maximum Gasteiger partial charge on any atom is 0.243 e. The lowest BCUT2D eigenvalue weighted by molar-refractivity contribution is -0.123. The van der Waals surface area contributed by atoms with Crippen LogP contribution < -0.4 is 5.32 Å². The zero-order chi connectivity index (χ0) is 19.9. The van der Waals surface area contributed by atoms with E-state index >= 15 is 0 Å². The van der Waals surface area contributed by atoms with Crippen LogP contribution in [0.25, 0.3) is 0 Å². The fraction of sp³-hybridized carbons (Fsp3) is 0.500. The first-order valence-electron chi connectivity index (χ1n) is 9.21. The summed E-state index contributed by atoms with van der Waals surface area (Å²) in [5.41, 5.74) is 0. The van der Waals surface area contributed by atoms with Crippen LogP contribution in [0, 0.1) is 18.7 Å². The molecule has 0 bridgehead atoms. The van der Waals surface area contributed by atoms with Gasteiger partial charge in [-0.25, -0.2) is 12.8 Å². The predicted octanol–water partition coefficient (Wildman–Crippen LogP) is 1.59. The first-order valence-corrected chi connectivity index (χ1v) is 10.6. The van der Waals surface area contributed by atoms with Crippen molar-refractivity contribution in [2.24, 2.45) is 5.92 Å². The number of aryl methyl sites for hydroxylation is 1. The Bertz CT molecular complexity index is 989. The van der Waals surface area contributed by atoms with Crippen LogP contribution in [0.2, 0.25) is 0 Å². The van der Waals surface area contributed by atoms with Crippen molar-refractivity contribution < 1.29 is 22.1 Å². The zero-order valence-electron chi connectivity index (χ0n) is 15.3. The number of amides is 1. The molecule has 1 aromatic carbocycles. The number of carbonyl (C=O) groups excluding carboxylic acids is 1. The molecular weight excluding hydrogens is 387 g/mol. The van der Waals surface area contributed by atoms with Crippen LogP contribution in [0.4, 0.5) is 4.39 Å². The second-order valence-corrected chi connectivity index (χ2v) is 9.22. The molecule has 1 amide bonds. The Morgan fingerprint density at radius 1 is 1.32 bits per heavy atom. The second kappa shape index (κ2) is 7.25. The zero-order valence-corrected chi connectivity index (χ0v) is 16.2. The summed E-state index contributed by atoms with van der Waals surface area (Å²) >= 11 is 0. The standard InChI is InChI=1S/C18H21FN4O4S/c1-11-20-18(27-22-11)15-7-8-23(10-16(15)21-17(24)12-5-6-12)28(25,26)14-4-2-3-13(19)9-14/h2-4,9,12,15-16H,5-8,10H2,1H3,(H,21,24)/t15-,16+/m0/s1. The average molecular weight is 408 g/mol. The van der Waals surface area contributed by atoms with E-state index in [1.54, 1.807) is 6.92 Å². The van der Waals surface area contributed by atoms with Crippen molar-refractivity contribution in [3.63, 3.8) is 0 Å². The average Bonchev–Trinajstić information content (AvgIpc) is 3.43. The van der Waals surface area contributed by atoms with Crippen LogP contribution in [-0.4, -0.2) is 47.9 Å². The van der Waals surface area contributed by atoms with Crippen molar-refractivity contribution in [2.45, 2.75) is 43.0 Å². The first kappa shape index (κ1) is 19.0. The number of halogens is 1. The van der Waals surface area contributed by atoms with E-state index < -0.39 is 21.9 Å². The van der Waals surface area contributed by atoms with Crippen LogP contribution in [0.5, 0.6) is 0 Å². The third kappa shape index (κ3) is 3.79. The number of aromatic nitrogens is 2. The molecule has 0 unspecified atom stereocenters. The molecule has 28 heavy (non-hydrogen) atoms. The van der Waals surface area contributed by atoms with Crippen LogP contribution in [0.3, 0.4) is 0 Å². The molecule has 150 valence electrons. The minimum atomic E-state index is -3.88. The van der Waals surface area contributed by atoms with Crippen LogP contribution >= 0.6 is 0 Å². The lowest BCUT2D eigenvalue weighted by Crippen LogP contribution is -2.53. The number of nitrogens with zero attached hydrogens (tertiary/aromatic N) is 3. The van der Waals surface area contributed by atoms with E-state index in [1.165, 1.54) is 22.5 Å². The van der Waals surface area contributed by atoms with Gasteiger partial charge in [-0.05, 0) is 44.4 Å². The fourth-order valence-corrected chi connectivity index (χ4v) is 4.98. The molecule has 1 N–H and O–H groups in total. The van der Waals surface area contributed by atoms with Crippen LogP contribution in [-0.2, 0) is 14.8 Å². The maximum absolute atomic E-state index is 13.5. The van der Waals surface area contributed by atoms with Crippen molar-refractivity contribution in [3.05, 3.63) is 41.8 Å². The summed E-state index contributed by atoms with van der Waals surface area (Å²) in [6, 6.07) is 4.43. The third-order valence-electron chi connectivity index (χ3n) is 5.15. The summed E-state index contributed by atoms with van der Waals surface area (Å²) in [6.07, 6.45) is 2.09. The van der Waals surface area contributed by atoms with Gasteiger partial charge in [-0.3, -0.25) is 4.79 Å². The van der Waals surface area contributed by atoms with Gasteiger partial charge in [-0.15, -0.1) is 0 Å². The quantitative estimate of drug-likeness (QED) is 0.806. The molecule has 0 radical (unpaired) electrons. The van der Waals surface area contributed by atoms with Crippen molar-refractivity contribution in [1.82, 2.24) is 19.8 Å². The number of hydrogen-bond donors (Lipinski definition) is 1. The molecule has 1 saturated carbocycles. The van der Waals surface area contributed by atoms with E-state index in [0.29, 0.717) is 18.1 Å². The molecule has 2 atom stereocenters. The normalized spacial score (nSPS) is 23.5. The molecule has 10 heteroatoms. The van der Waals surface area contributed by atoms with Crippen molar-refractivity contribution in [3.8, 4) is 0 Å². The third-order valence-corrected chi connectivity index (χ3v) is 7.01. The Balaban J connectivity index is 1.59. The fourth-order valence-electron chi connectivity index (χ4n) is 3.47. The van der Waals surface area contributed by atoms with Gasteiger partial charge in [-0.2, -0.15) is 9.29 Å². The molecule has 2 aromatic rings. The highest BCUT2D eigenvalue weighted by Gasteiger charge is 2.41. The van der Waals surface area contributed by atoms with Crippen molar-refractivity contribution in [2.75, 3.05) is 13.1 Å². The molecule has 8 nitrogen and oxygen atoms in total. The Morgan fingerprint density at radius 2 is 2.11 bits per heavy atom. The number of piperidine rings is 1. The summed E-state index contributed by atoms with van der Waals surface area (Å²) in [5, 5.41) is 6.76. The number of benzene rings is 1. The van der Waals surface area contributed by atoms with Crippen molar-refractivity contribution in [1.29, 1.82) is 0 Å². The predicted molar refractivity (Wildman–Crippen MR) is 96.2 cm³/mol. The van der Waals surface area contributed by atoms with Gasteiger partial charge in [0.15, 0.2) is 5.82 Å². The molecule has 0 spiro atoms. The number of sulfonamides is 1. The van der Waals surface area contributed by atoms with Gasteiger partial charge in [0.1, 0.15) is 5.82 Å².